The van der Waals surface area contributed by atoms with Gasteiger partial charge in [0, 0.05) is 36.6 Å². The third-order valence-electron chi connectivity index (χ3n) is 7.31. The molecule has 2 saturated heterocycles. The first kappa shape index (κ1) is 20.9. The summed E-state index contributed by atoms with van der Waals surface area (Å²) in [6.45, 7) is 3.29. The van der Waals surface area contributed by atoms with Crippen LogP contribution in [0.5, 0.6) is 0 Å². The minimum atomic E-state index is -0.359. The van der Waals surface area contributed by atoms with Gasteiger partial charge < -0.3 is 9.80 Å². The number of carbonyl (C=O) groups excluding carboxylic acids is 2. The molecule has 1 aromatic rings. The van der Waals surface area contributed by atoms with E-state index in [4.69, 9.17) is 0 Å². The van der Waals surface area contributed by atoms with Gasteiger partial charge in [-0.3, -0.25) is 9.59 Å². The van der Waals surface area contributed by atoms with E-state index in [0.29, 0.717) is 5.91 Å². The van der Waals surface area contributed by atoms with Gasteiger partial charge in [-0.15, -0.1) is 0 Å². The van der Waals surface area contributed by atoms with E-state index in [9.17, 15) is 9.59 Å². The SMILES string of the molecule is O=C(C1CCN(C(=O)C2(c3ccc(Br)cc3)CCCC2)CC1)N1CCCCCC1. The summed E-state index contributed by atoms with van der Waals surface area (Å²) in [4.78, 5) is 30.8. The number of likely N-dealkylation sites (tertiary alicyclic amines) is 2. The molecule has 0 atom stereocenters. The second-order valence-electron chi connectivity index (χ2n) is 9.10. The van der Waals surface area contributed by atoms with Crippen molar-refractivity contribution in [3.8, 4) is 0 Å². The normalized spacial score (nSPS) is 23.1. The van der Waals surface area contributed by atoms with Crippen molar-refractivity contribution in [2.24, 2.45) is 5.92 Å². The van der Waals surface area contributed by atoms with Crippen LogP contribution in [0.1, 0.15) is 69.8 Å². The predicted molar refractivity (Wildman–Crippen MR) is 119 cm³/mol. The fraction of sp³-hybridized carbons (Fsp3) is 0.667. The van der Waals surface area contributed by atoms with Crippen LogP contribution in [0.25, 0.3) is 0 Å². The molecule has 0 spiro atoms. The summed E-state index contributed by atoms with van der Waals surface area (Å²) < 4.78 is 1.05. The Morgan fingerprint density at radius 1 is 0.793 bits per heavy atom. The van der Waals surface area contributed by atoms with Gasteiger partial charge in [-0.1, -0.05) is 53.7 Å². The second kappa shape index (κ2) is 9.20. The van der Waals surface area contributed by atoms with Crippen LogP contribution >= 0.6 is 15.9 Å². The number of nitrogens with zero attached hydrogens (tertiary/aromatic N) is 2. The van der Waals surface area contributed by atoms with Gasteiger partial charge in [0.2, 0.25) is 11.8 Å². The number of hydrogen-bond donors (Lipinski definition) is 0. The fourth-order valence-electron chi connectivity index (χ4n) is 5.55. The minimum Gasteiger partial charge on any atom is -0.342 e. The lowest BCUT2D eigenvalue weighted by Gasteiger charge is -2.39. The van der Waals surface area contributed by atoms with Gasteiger partial charge in [-0.05, 0) is 56.2 Å². The van der Waals surface area contributed by atoms with Crippen molar-refractivity contribution in [1.82, 2.24) is 9.80 Å². The molecule has 158 valence electrons. The van der Waals surface area contributed by atoms with Gasteiger partial charge in [0.15, 0.2) is 0 Å². The van der Waals surface area contributed by atoms with E-state index in [-0.39, 0.29) is 17.2 Å². The standard InChI is InChI=1S/C24H33BrN2O2/c25-21-9-7-20(8-10-21)24(13-3-4-14-24)23(29)27-17-11-19(12-18-27)22(28)26-15-5-1-2-6-16-26/h7-10,19H,1-6,11-18H2. The molecule has 0 unspecified atom stereocenters. The highest BCUT2D eigenvalue weighted by atomic mass is 79.9. The Bertz CT molecular complexity index is 711. The van der Waals surface area contributed by atoms with E-state index in [2.05, 4.69) is 50.0 Å². The van der Waals surface area contributed by atoms with Gasteiger partial charge in [0.1, 0.15) is 0 Å². The summed E-state index contributed by atoms with van der Waals surface area (Å²) >= 11 is 3.51. The Kier molecular flexibility index (Phi) is 6.63. The highest BCUT2D eigenvalue weighted by molar-refractivity contribution is 9.10. The molecule has 2 aliphatic heterocycles. The summed E-state index contributed by atoms with van der Waals surface area (Å²) in [7, 11) is 0. The van der Waals surface area contributed by atoms with E-state index in [1.807, 2.05) is 0 Å². The first-order valence-corrected chi connectivity index (χ1v) is 12.2. The summed E-state index contributed by atoms with van der Waals surface area (Å²) in [6.07, 6.45) is 10.5. The summed E-state index contributed by atoms with van der Waals surface area (Å²) in [5, 5.41) is 0. The molecule has 1 aromatic carbocycles. The first-order valence-electron chi connectivity index (χ1n) is 11.4. The monoisotopic (exact) mass is 460 g/mol. The van der Waals surface area contributed by atoms with Crippen molar-refractivity contribution in [2.75, 3.05) is 26.2 Å². The molecule has 0 bridgehead atoms. The van der Waals surface area contributed by atoms with Crippen molar-refractivity contribution in [2.45, 2.75) is 69.6 Å². The van der Waals surface area contributed by atoms with Gasteiger partial charge in [-0.25, -0.2) is 0 Å². The molecule has 29 heavy (non-hydrogen) atoms. The van der Waals surface area contributed by atoms with Crippen molar-refractivity contribution >= 4 is 27.7 Å². The van der Waals surface area contributed by atoms with Crippen LogP contribution in [0.4, 0.5) is 0 Å². The third-order valence-corrected chi connectivity index (χ3v) is 7.84. The molecule has 5 heteroatoms. The van der Waals surface area contributed by atoms with E-state index in [1.54, 1.807) is 0 Å². The van der Waals surface area contributed by atoms with Crippen molar-refractivity contribution in [3.63, 3.8) is 0 Å². The lowest BCUT2D eigenvalue weighted by Crippen LogP contribution is -2.50. The Labute approximate surface area is 183 Å². The molecule has 1 saturated carbocycles. The van der Waals surface area contributed by atoms with Crippen LogP contribution in [-0.4, -0.2) is 47.8 Å². The average molecular weight is 461 g/mol. The molecule has 4 rings (SSSR count). The molecule has 0 aromatic heterocycles. The average Bonchev–Trinajstić information content (AvgIpc) is 3.10. The smallest absolute Gasteiger partial charge is 0.233 e. The molecule has 3 fully saturated rings. The topological polar surface area (TPSA) is 40.6 Å². The molecule has 4 nitrogen and oxygen atoms in total. The van der Waals surface area contributed by atoms with E-state index in [0.717, 1.165) is 87.6 Å². The quantitative estimate of drug-likeness (QED) is 0.643. The Morgan fingerprint density at radius 2 is 1.38 bits per heavy atom. The van der Waals surface area contributed by atoms with Crippen molar-refractivity contribution in [1.29, 1.82) is 0 Å². The fourth-order valence-corrected chi connectivity index (χ4v) is 5.82. The van der Waals surface area contributed by atoms with E-state index in [1.165, 1.54) is 12.8 Å². The van der Waals surface area contributed by atoms with Crippen LogP contribution < -0.4 is 0 Å². The third kappa shape index (κ3) is 4.40. The number of carbonyl (C=O) groups is 2. The Morgan fingerprint density at radius 3 is 1.97 bits per heavy atom. The number of amides is 2. The van der Waals surface area contributed by atoms with E-state index >= 15 is 0 Å². The molecular weight excluding hydrogens is 428 g/mol. The lowest BCUT2D eigenvalue weighted by atomic mass is 9.77. The molecular formula is C24H33BrN2O2. The molecule has 1 aliphatic carbocycles. The maximum Gasteiger partial charge on any atom is 0.233 e. The van der Waals surface area contributed by atoms with Crippen LogP contribution in [0.15, 0.2) is 28.7 Å². The zero-order valence-electron chi connectivity index (χ0n) is 17.4. The molecule has 0 radical (unpaired) electrons. The number of rotatable bonds is 3. The highest BCUT2D eigenvalue weighted by Gasteiger charge is 2.45. The zero-order chi connectivity index (χ0) is 20.3. The predicted octanol–water partition coefficient (Wildman–Crippen LogP) is 4.90. The number of benzene rings is 1. The highest BCUT2D eigenvalue weighted by Crippen LogP contribution is 2.43. The van der Waals surface area contributed by atoms with Crippen LogP contribution in [0, 0.1) is 5.92 Å². The Balaban J connectivity index is 1.41. The van der Waals surface area contributed by atoms with Gasteiger partial charge >= 0.3 is 0 Å². The number of piperidine rings is 1. The van der Waals surface area contributed by atoms with Crippen molar-refractivity contribution in [3.05, 3.63) is 34.3 Å². The second-order valence-corrected chi connectivity index (χ2v) is 10.0. The molecule has 2 amide bonds. The first-order chi connectivity index (χ1) is 14.1. The summed E-state index contributed by atoms with van der Waals surface area (Å²) in [6, 6.07) is 8.33. The van der Waals surface area contributed by atoms with Gasteiger partial charge in [-0.2, -0.15) is 0 Å². The number of halogens is 1. The van der Waals surface area contributed by atoms with Crippen LogP contribution in [0.2, 0.25) is 0 Å². The Hall–Kier alpha value is -1.36. The van der Waals surface area contributed by atoms with E-state index < -0.39 is 0 Å². The largest absolute Gasteiger partial charge is 0.342 e. The van der Waals surface area contributed by atoms with Gasteiger partial charge in [0.05, 0.1) is 5.41 Å². The molecule has 0 N–H and O–H groups in total. The maximum absolute atomic E-state index is 13.7. The number of hydrogen-bond acceptors (Lipinski definition) is 2. The van der Waals surface area contributed by atoms with Gasteiger partial charge in [0.25, 0.3) is 0 Å². The van der Waals surface area contributed by atoms with Crippen LogP contribution in [-0.2, 0) is 15.0 Å². The molecule has 2 heterocycles. The minimum absolute atomic E-state index is 0.101. The summed E-state index contributed by atoms with van der Waals surface area (Å²) in [5.74, 6) is 0.727. The van der Waals surface area contributed by atoms with Crippen LogP contribution in [0.3, 0.4) is 0 Å². The zero-order valence-corrected chi connectivity index (χ0v) is 19.0. The van der Waals surface area contributed by atoms with Crippen molar-refractivity contribution < 1.29 is 9.59 Å². The summed E-state index contributed by atoms with van der Waals surface area (Å²) in [5.41, 5.74) is 0.800. The maximum atomic E-state index is 13.7. The molecule has 3 aliphatic rings. The lowest BCUT2D eigenvalue weighted by molar-refractivity contribution is -0.143.